The first-order chi connectivity index (χ1) is 8.58. The smallest absolute Gasteiger partial charge is 0.400 e. The van der Waals surface area contributed by atoms with E-state index >= 15 is 0 Å². The van der Waals surface area contributed by atoms with Crippen molar-refractivity contribution in [3.63, 3.8) is 0 Å². The van der Waals surface area contributed by atoms with Gasteiger partial charge in [-0.05, 0) is 39.2 Å². The van der Waals surface area contributed by atoms with Crippen LogP contribution in [0.3, 0.4) is 0 Å². The summed E-state index contributed by atoms with van der Waals surface area (Å²) in [6.07, 6.45) is 5.02. The third kappa shape index (κ3) is 2.69. The molecule has 6 heteroatoms. The number of rotatable bonds is 3. The number of piperidine rings is 1. The molecule has 0 N–H and O–H groups in total. The van der Waals surface area contributed by atoms with Gasteiger partial charge in [-0.2, -0.15) is 5.10 Å². The Hall–Kier alpha value is -1.85. The van der Waals surface area contributed by atoms with Crippen LogP contribution in [0.25, 0.3) is 0 Å². The number of nitrogens with zero attached hydrogens (tertiary/aromatic N) is 3. The molecule has 1 aromatic heterocycles. The highest BCUT2D eigenvalue weighted by Crippen LogP contribution is 2.22. The summed E-state index contributed by atoms with van der Waals surface area (Å²) in [7, 11) is 0. The molecule has 0 aliphatic carbocycles. The minimum atomic E-state index is -0.552. The summed E-state index contributed by atoms with van der Waals surface area (Å²) in [6, 6.07) is 3.69. The lowest BCUT2D eigenvalue weighted by molar-refractivity contribution is -0.402. The van der Waals surface area contributed by atoms with E-state index in [1.165, 1.54) is 12.5 Å². The van der Waals surface area contributed by atoms with E-state index in [1.807, 2.05) is 5.01 Å². The van der Waals surface area contributed by atoms with Gasteiger partial charge in [0.25, 0.3) is 0 Å². The molecule has 0 radical (unpaired) electrons. The van der Waals surface area contributed by atoms with Gasteiger partial charge in [0.2, 0.25) is 0 Å². The lowest BCUT2D eigenvalue weighted by atomic mass is 10.00. The van der Waals surface area contributed by atoms with Crippen LogP contribution in [0.1, 0.15) is 38.9 Å². The van der Waals surface area contributed by atoms with E-state index < -0.39 is 4.92 Å². The standard InChI is InChI=1S/C12H17N3O3/c1-9-4-3-5-10(2)14(9)13-8-11-6-7-12(18-11)15(16)17/h6-10H,3-5H2,1-2H3/b13-8-/t9-,10-/m1/s1. The van der Waals surface area contributed by atoms with Crippen LogP contribution in [-0.4, -0.2) is 28.2 Å². The third-order valence-electron chi connectivity index (χ3n) is 3.26. The van der Waals surface area contributed by atoms with Gasteiger partial charge in [-0.15, -0.1) is 0 Å². The summed E-state index contributed by atoms with van der Waals surface area (Å²) >= 11 is 0. The lowest BCUT2D eigenvalue weighted by Gasteiger charge is -2.36. The molecule has 1 saturated heterocycles. The zero-order valence-corrected chi connectivity index (χ0v) is 10.6. The highest BCUT2D eigenvalue weighted by atomic mass is 16.6. The molecule has 0 amide bonds. The Kier molecular flexibility index (Phi) is 3.64. The second-order valence-electron chi connectivity index (χ2n) is 4.69. The van der Waals surface area contributed by atoms with Crippen LogP contribution in [0.15, 0.2) is 21.7 Å². The number of hydrogen-bond donors (Lipinski definition) is 0. The fourth-order valence-corrected chi connectivity index (χ4v) is 2.27. The summed E-state index contributed by atoms with van der Waals surface area (Å²) in [4.78, 5) is 9.93. The zero-order chi connectivity index (χ0) is 13.1. The normalized spacial score (nSPS) is 24.7. The molecule has 0 spiro atoms. The van der Waals surface area contributed by atoms with Crippen LogP contribution in [0.2, 0.25) is 0 Å². The number of nitro groups is 1. The Bertz CT molecular complexity index is 445. The molecular formula is C12H17N3O3. The monoisotopic (exact) mass is 251 g/mol. The Balaban J connectivity index is 2.06. The van der Waals surface area contributed by atoms with Gasteiger partial charge in [0, 0.05) is 12.1 Å². The Labute approximate surface area is 105 Å². The van der Waals surface area contributed by atoms with Crippen molar-refractivity contribution < 1.29 is 9.34 Å². The molecule has 0 unspecified atom stereocenters. The molecule has 0 aromatic carbocycles. The molecule has 6 nitrogen and oxygen atoms in total. The van der Waals surface area contributed by atoms with Gasteiger partial charge in [0.15, 0.2) is 5.76 Å². The SMILES string of the molecule is C[C@@H]1CCC[C@@H](C)N1/N=C\c1ccc([N+](=O)[O-])o1. The first kappa shape index (κ1) is 12.6. The molecule has 1 aliphatic heterocycles. The van der Waals surface area contributed by atoms with Crippen LogP contribution in [0, 0.1) is 10.1 Å². The highest BCUT2D eigenvalue weighted by Gasteiger charge is 2.22. The molecule has 98 valence electrons. The van der Waals surface area contributed by atoms with E-state index in [0.29, 0.717) is 17.8 Å². The van der Waals surface area contributed by atoms with E-state index in [2.05, 4.69) is 18.9 Å². The minimum Gasteiger partial charge on any atom is -0.400 e. The van der Waals surface area contributed by atoms with Crippen LogP contribution < -0.4 is 0 Å². The van der Waals surface area contributed by atoms with Crippen molar-refractivity contribution in [3.05, 3.63) is 28.0 Å². The summed E-state index contributed by atoms with van der Waals surface area (Å²) in [5.74, 6) is 0.155. The minimum absolute atomic E-state index is 0.254. The molecule has 1 aliphatic rings. The quantitative estimate of drug-likeness (QED) is 0.470. The predicted octanol–water partition coefficient (Wildman–Crippen LogP) is 2.78. The van der Waals surface area contributed by atoms with Crippen molar-refractivity contribution >= 4 is 12.1 Å². The van der Waals surface area contributed by atoms with Crippen molar-refractivity contribution in [2.24, 2.45) is 5.10 Å². The number of hydrazone groups is 1. The predicted molar refractivity (Wildman–Crippen MR) is 67.6 cm³/mol. The molecule has 0 saturated carbocycles. The molecule has 1 fully saturated rings. The number of hydrogen-bond acceptors (Lipinski definition) is 5. The van der Waals surface area contributed by atoms with Crippen LogP contribution in [0.4, 0.5) is 5.88 Å². The third-order valence-corrected chi connectivity index (χ3v) is 3.26. The molecule has 2 rings (SSSR count). The van der Waals surface area contributed by atoms with E-state index in [1.54, 1.807) is 12.3 Å². The van der Waals surface area contributed by atoms with E-state index in [-0.39, 0.29) is 5.88 Å². The van der Waals surface area contributed by atoms with Gasteiger partial charge in [0.05, 0.1) is 12.3 Å². The average Bonchev–Trinajstić information content (AvgIpc) is 2.77. The molecule has 1 aromatic rings. The second-order valence-corrected chi connectivity index (χ2v) is 4.69. The van der Waals surface area contributed by atoms with Crippen LogP contribution in [0.5, 0.6) is 0 Å². The summed E-state index contributed by atoms with van der Waals surface area (Å²) in [6.45, 7) is 4.27. The van der Waals surface area contributed by atoms with Gasteiger partial charge in [0.1, 0.15) is 4.92 Å². The summed E-state index contributed by atoms with van der Waals surface area (Å²) in [5.41, 5.74) is 0. The van der Waals surface area contributed by atoms with E-state index in [0.717, 1.165) is 12.8 Å². The van der Waals surface area contributed by atoms with Crippen LogP contribution in [-0.2, 0) is 0 Å². The topological polar surface area (TPSA) is 71.9 Å². The van der Waals surface area contributed by atoms with Crippen molar-refractivity contribution in [1.29, 1.82) is 0 Å². The lowest BCUT2D eigenvalue weighted by Crippen LogP contribution is -2.39. The first-order valence-electron chi connectivity index (χ1n) is 6.14. The largest absolute Gasteiger partial charge is 0.433 e. The summed E-state index contributed by atoms with van der Waals surface area (Å²) in [5, 5.41) is 16.9. The van der Waals surface area contributed by atoms with Gasteiger partial charge in [-0.25, -0.2) is 0 Å². The van der Waals surface area contributed by atoms with Gasteiger partial charge in [-0.1, -0.05) is 0 Å². The van der Waals surface area contributed by atoms with Gasteiger partial charge < -0.3 is 4.42 Å². The maximum absolute atomic E-state index is 10.5. The molecule has 0 bridgehead atoms. The highest BCUT2D eigenvalue weighted by molar-refractivity contribution is 5.76. The first-order valence-corrected chi connectivity index (χ1v) is 6.14. The van der Waals surface area contributed by atoms with Crippen molar-refractivity contribution in [2.45, 2.75) is 45.2 Å². The fourth-order valence-electron chi connectivity index (χ4n) is 2.27. The van der Waals surface area contributed by atoms with Crippen molar-refractivity contribution in [2.75, 3.05) is 0 Å². The summed E-state index contributed by atoms with van der Waals surface area (Å²) < 4.78 is 5.03. The zero-order valence-electron chi connectivity index (χ0n) is 10.6. The van der Waals surface area contributed by atoms with Gasteiger partial charge >= 0.3 is 5.88 Å². The fraction of sp³-hybridized carbons (Fsp3) is 0.583. The maximum Gasteiger partial charge on any atom is 0.433 e. The Morgan fingerprint density at radius 3 is 2.67 bits per heavy atom. The van der Waals surface area contributed by atoms with Crippen molar-refractivity contribution in [3.8, 4) is 0 Å². The number of furan rings is 1. The average molecular weight is 251 g/mol. The second kappa shape index (κ2) is 5.20. The Morgan fingerprint density at radius 2 is 2.11 bits per heavy atom. The molecular weight excluding hydrogens is 234 g/mol. The Morgan fingerprint density at radius 1 is 1.44 bits per heavy atom. The van der Waals surface area contributed by atoms with E-state index in [4.69, 9.17) is 4.42 Å². The van der Waals surface area contributed by atoms with Crippen molar-refractivity contribution in [1.82, 2.24) is 5.01 Å². The molecule has 2 atom stereocenters. The van der Waals surface area contributed by atoms with E-state index in [9.17, 15) is 10.1 Å². The van der Waals surface area contributed by atoms with Crippen LogP contribution >= 0.6 is 0 Å². The molecule has 18 heavy (non-hydrogen) atoms. The molecule has 2 heterocycles. The maximum atomic E-state index is 10.5. The van der Waals surface area contributed by atoms with Gasteiger partial charge in [-0.3, -0.25) is 15.1 Å².